The summed E-state index contributed by atoms with van der Waals surface area (Å²) in [6, 6.07) is 2.07. The molecule has 1 aromatic rings. The number of rotatable bonds is 1. The Balaban J connectivity index is 0.000000561. The molecule has 0 amide bonds. The number of pyridine rings is 1. The third kappa shape index (κ3) is 3.26. The predicted molar refractivity (Wildman–Crippen MR) is 57.7 cm³/mol. The molecule has 0 atom stereocenters. The van der Waals surface area contributed by atoms with Gasteiger partial charge in [0.15, 0.2) is 0 Å². The maximum absolute atomic E-state index is 4.20. The summed E-state index contributed by atoms with van der Waals surface area (Å²) in [6.45, 7) is 8.05. The minimum absolute atomic E-state index is 0.801. The van der Waals surface area contributed by atoms with Crippen molar-refractivity contribution in [1.82, 2.24) is 4.98 Å². The molecule has 0 saturated carbocycles. The summed E-state index contributed by atoms with van der Waals surface area (Å²) >= 11 is 4.20. The fourth-order valence-corrected chi connectivity index (χ4v) is 1.20. The van der Waals surface area contributed by atoms with Gasteiger partial charge in [-0.1, -0.05) is 13.8 Å². The molecule has 0 saturated heterocycles. The lowest BCUT2D eigenvalue weighted by Crippen LogP contribution is -1.88. The average molecular weight is 183 g/mol. The number of thiol groups is 1. The van der Waals surface area contributed by atoms with Crippen LogP contribution in [-0.2, 0) is 5.75 Å². The van der Waals surface area contributed by atoms with E-state index < -0.39 is 0 Å². The van der Waals surface area contributed by atoms with Crippen molar-refractivity contribution in [3.63, 3.8) is 0 Å². The highest BCUT2D eigenvalue weighted by atomic mass is 32.1. The van der Waals surface area contributed by atoms with Crippen LogP contribution in [0.1, 0.15) is 30.7 Å². The van der Waals surface area contributed by atoms with E-state index in [1.807, 2.05) is 27.0 Å². The minimum Gasteiger partial charge on any atom is -0.261 e. The van der Waals surface area contributed by atoms with Crippen LogP contribution >= 0.6 is 12.6 Å². The van der Waals surface area contributed by atoms with Gasteiger partial charge in [0.1, 0.15) is 0 Å². The molecular weight excluding hydrogens is 166 g/mol. The van der Waals surface area contributed by atoms with Crippen molar-refractivity contribution in [2.75, 3.05) is 0 Å². The second kappa shape index (κ2) is 6.06. The summed E-state index contributed by atoms with van der Waals surface area (Å²) in [6.07, 6.45) is 1.89. The monoisotopic (exact) mass is 183 g/mol. The summed E-state index contributed by atoms with van der Waals surface area (Å²) in [7, 11) is 0. The maximum atomic E-state index is 4.20. The number of hydrogen-bond acceptors (Lipinski definition) is 2. The van der Waals surface area contributed by atoms with E-state index in [4.69, 9.17) is 0 Å². The van der Waals surface area contributed by atoms with E-state index in [9.17, 15) is 0 Å². The molecule has 1 heterocycles. The van der Waals surface area contributed by atoms with E-state index in [2.05, 4.69) is 30.6 Å². The van der Waals surface area contributed by atoms with Gasteiger partial charge in [-0.3, -0.25) is 4.98 Å². The number of hydrogen-bond donors (Lipinski definition) is 1. The van der Waals surface area contributed by atoms with Crippen molar-refractivity contribution >= 4 is 12.6 Å². The SMILES string of the molecule is CC.Cc1cc(CS)c(C)cn1. The normalized spacial score (nSPS) is 8.75. The highest BCUT2D eigenvalue weighted by Crippen LogP contribution is 2.09. The Morgan fingerprint density at radius 1 is 1.33 bits per heavy atom. The Bertz CT molecular complexity index is 233. The Hall–Kier alpha value is -0.500. The molecule has 0 fully saturated rings. The van der Waals surface area contributed by atoms with Gasteiger partial charge in [-0.25, -0.2) is 0 Å². The van der Waals surface area contributed by atoms with E-state index in [-0.39, 0.29) is 0 Å². The van der Waals surface area contributed by atoms with E-state index in [0.717, 1.165) is 11.4 Å². The zero-order chi connectivity index (χ0) is 9.56. The van der Waals surface area contributed by atoms with Gasteiger partial charge in [-0.05, 0) is 31.0 Å². The van der Waals surface area contributed by atoms with Gasteiger partial charge in [0.25, 0.3) is 0 Å². The van der Waals surface area contributed by atoms with Crippen molar-refractivity contribution in [1.29, 1.82) is 0 Å². The summed E-state index contributed by atoms with van der Waals surface area (Å²) in [5.41, 5.74) is 3.56. The Labute approximate surface area is 80.6 Å². The van der Waals surface area contributed by atoms with Crippen molar-refractivity contribution in [2.24, 2.45) is 0 Å². The van der Waals surface area contributed by atoms with Crippen molar-refractivity contribution in [3.8, 4) is 0 Å². The van der Waals surface area contributed by atoms with Crippen LogP contribution in [0.5, 0.6) is 0 Å². The summed E-state index contributed by atoms with van der Waals surface area (Å²) in [4.78, 5) is 4.15. The van der Waals surface area contributed by atoms with E-state index in [0.29, 0.717) is 0 Å². The van der Waals surface area contributed by atoms with Crippen LogP contribution in [0.15, 0.2) is 12.3 Å². The van der Waals surface area contributed by atoms with Crippen LogP contribution in [0.3, 0.4) is 0 Å². The lowest BCUT2D eigenvalue weighted by atomic mass is 10.1. The second-order valence-corrected chi connectivity index (χ2v) is 2.73. The van der Waals surface area contributed by atoms with E-state index in [1.165, 1.54) is 11.1 Å². The van der Waals surface area contributed by atoms with Gasteiger partial charge in [-0.15, -0.1) is 0 Å². The molecule has 0 aromatic carbocycles. The zero-order valence-electron chi connectivity index (χ0n) is 8.26. The molecule has 68 valence electrons. The molecule has 1 rings (SSSR count). The molecule has 0 bridgehead atoms. The van der Waals surface area contributed by atoms with Gasteiger partial charge in [-0.2, -0.15) is 12.6 Å². The van der Waals surface area contributed by atoms with Crippen LogP contribution < -0.4 is 0 Å². The fourth-order valence-electron chi connectivity index (χ4n) is 0.855. The smallest absolute Gasteiger partial charge is 0.0375 e. The van der Waals surface area contributed by atoms with Gasteiger partial charge >= 0.3 is 0 Å². The number of aromatic nitrogens is 1. The van der Waals surface area contributed by atoms with Crippen LogP contribution in [-0.4, -0.2) is 4.98 Å². The topological polar surface area (TPSA) is 12.9 Å². The van der Waals surface area contributed by atoms with Crippen molar-refractivity contribution in [3.05, 3.63) is 29.1 Å². The second-order valence-electron chi connectivity index (χ2n) is 2.41. The van der Waals surface area contributed by atoms with Crippen LogP contribution in [0.4, 0.5) is 0 Å². The van der Waals surface area contributed by atoms with Gasteiger partial charge < -0.3 is 0 Å². The first-order valence-corrected chi connectivity index (χ1v) is 4.90. The third-order valence-corrected chi connectivity index (χ3v) is 1.86. The number of aryl methyl sites for hydroxylation is 2. The standard InChI is InChI=1S/C8H11NS.C2H6/c1-6-4-9-7(2)3-8(6)5-10;1-2/h3-4,10H,5H2,1-2H3;1-2H3. The third-order valence-electron chi connectivity index (χ3n) is 1.52. The lowest BCUT2D eigenvalue weighted by Gasteiger charge is -2.01. The molecule has 1 aromatic heterocycles. The Kier molecular flexibility index (Phi) is 5.81. The highest BCUT2D eigenvalue weighted by Gasteiger charge is 1.95. The van der Waals surface area contributed by atoms with Crippen LogP contribution in [0.25, 0.3) is 0 Å². The summed E-state index contributed by atoms with van der Waals surface area (Å²) < 4.78 is 0. The molecule has 1 nitrogen and oxygen atoms in total. The zero-order valence-corrected chi connectivity index (χ0v) is 9.15. The molecular formula is C10H17NS. The van der Waals surface area contributed by atoms with Gasteiger partial charge in [0.05, 0.1) is 0 Å². The molecule has 2 heteroatoms. The molecule has 0 radical (unpaired) electrons. The Morgan fingerprint density at radius 2 is 1.92 bits per heavy atom. The molecule has 0 aliphatic carbocycles. The number of nitrogens with zero attached hydrogens (tertiary/aromatic N) is 1. The van der Waals surface area contributed by atoms with E-state index in [1.54, 1.807) is 0 Å². The highest BCUT2D eigenvalue weighted by molar-refractivity contribution is 7.79. The quantitative estimate of drug-likeness (QED) is 0.660. The molecule has 0 aliphatic heterocycles. The predicted octanol–water partition coefficient (Wildman–Crippen LogP) is 3.15. The van der Waals surface area contributed by atoms with Crippen molar-refractivity contribution in [2.45, 2.75) is 33.4 Å². The molecule has 0 spiro atoms. The average Bonchev–Trinajstić information content (AvgIpc) is 2.13. The van der Waals surface area contributed by atoms with Crippen LogP contribution in [0.2, 0.25) is 0 Å². The first-order valence-electron chi connectivity index (χ1n) is 4.27. The lowest BCUT2D eigenvalue weighted by molar-refractivity contribution is 1.13. The van der Waals surface area contributed by atoms with Crippen LogP contribution in [0, 0.1) is 13.8 Å². The molecule has 0 unspecified atom stereocenters. The summed E-state index contributed by atoms with van der Waals surface area (Å²) in [5.74, 6) is 0.801. The first-order chi connectivity index (χ1) is 5.74. The maximum Gasteiger partial charge on any atom is 0.0375 e. The minimum atomic E-state index is 0.801. The van der Waals surface area contributed by atoms with Gasteiger partial charge in [0.2, 0.25) is 0 Å². The Morgan fingerprint density at radius 3 is 2.33 bits per heavy atom. The fraction of sp³-hybridized carbons (Fsp3) is 0.500. The summed E-state index contributed by atoms with van der Waals surface area (Å²) in [5, 5.41) is 0. The van der Waals surface area contributed by atoms with Crippen molar-refractivity contribution < 1.29 is 0 Å². The van der Waals surface area contributed by atoms with E-state index >= 15 is 0 Å². The molecule has 0 N–H and O–H groups in total. The molecule has 12 heavy (non-hydrogen) atoms. The largest absolute Gasteiger partial charge is 0.261 e. The first kappa shape index (κ1) is 11.5. The molecule has 0 aliphatic rings. The van der Waals surface area contributed by atoms with Gasteiger partial charge in [0, 0.05) is 17.6 Å².